The quantitative estimate of drug-likeness (QED) is 0.159. The summed E-state index contributed by atoms with van der Waals surface area (Å²) in [5, 5.41) is 0. The molecule has 0 aromatic heterocycles. The highest BCUT2D eigenvalue weighted by molar-refractivity contribution is 6.20. The Labute approximate surface area is 242 Å². The van der Waals surface area contributed by atoms with E-state index in [1.165, 1.54) is 0 Å². The summed E-state index contributed by atoms with van der Waals surface area (Å²) in [6.45, 7) is 9.31. The van der Waals surface area contributed by atoms with Crippen molar-refractivity contribution in [2.24, 2.45) is 0 Å². The fourth-order valence-corrected chi connectivity index (χ4v) is 5.72. The second-order valence-corrected chi connectivity index (χ2v) is 10.7. The minimum atomic E-state index is -0.784. The predicted molar refractivity (Wildman–Crippen MR) is 154 cm³/mol. The molecule has 4 rings (SSSR count). The van der Waals surface area contributed by atoms with Crippen LogP contribution in [0.3, 0.4) is 0 Å². The third kappa shape index (κ3) is 8.26. The smallest absolute Gasteiger partial charge is 0.343 e. The van der Waals surface area contributed by atoms with Crippen LogP contribution in [0.2, 0.25) is 0 Å². The van der Waals surface area contributed by atoms with Crippen LogP contribution in [0, 0.1) is 20.8 Å². The first-order valence-corrected chi connectivity index (χ1v) is 14.4. The topological polar surface area (TPSA) is 89.5 Å². The normalized spacial score (nSPS) is 20.5. The van der Waals surface area contributed by atoms with E-state index in [-0.39, 0.29) is 18.7 Å². The van der Waals surface area contributed by atoms with Gasteiger partial charge in [0.25, 0.3) is 0 Å². The lowest BCUT2D eigenvalue weighted by Crippen LogP contribution is -2.40. The molecule has 8 heteroatoms. The Morgan fingerprint density at radius 2 is 1.49 bits per heavy atom. The Balaban J connectivity index is 1.35. The van der Waals surface area contributed by atoms with E-state index < -0.39 is 5.60 Å². The fraction of sp³-hybridized carbons (Fsp3) is 0.515. The number of carbonyl (C=O) groups is 2. The molecular formula is C33H42O8. The van der Waals surface area contributed by atoms with E-state index in [0.29, 0.717) is 70.4 Å². The first-order valence-electron chi connectivity index (χ1n) is 14.4. The average molecular weight is 567 g/mol. The zero-order chi connectivity index (χ0) is 29.1. The molecule has 0 unspecified atom stereocenters. The highest BCUT2D eigenvalue weighted by Crippen LogP contribution is 2.48. The molecule has 1 heterocycles. The van der Waals surface area contributed by atoms with Gasteiger partial charge in [-0.1, -0.05) is 48.0 Å². The number of carbonyl (C=O) groups excluding carboxylic acids is 2. The van der Waals surface area contributed by atoms with E-state index in [1.54, 1.807) is 0 Å². The van der Waals surface area contributed by atoms with E-state index in [2.05, 4.69) is 19.1 Å². The van der Waals surface area contributed by atoms with Crippen LogP contribution in [0.5, 0.6) is 0 Å². The van der Waals surface area contributed by atoms with Gasteiger partial charge in [-0.25, -0.2) is 4.79 Å². The lowest BCUT2D eigenvalue weighted by atomic mass is 9.80. The molecule has 1 aliphatic carbocycles. The Bertz CT molecular complexity index is 1160. The average Bonchev–Trinajstić information content (AvgIpc) is 3.21. The summed E-state index contributed by atoms with van der Waals surface area (Å²) in [5.41, 5.74) is 4.97. The van der Waals surface area contributed by atoms with Crippen molar-refractivity contribution in [3.05, 3.63) is 76.0 Å². The van der Waals surface area contributed by atoms with Gasteiger partial charge in [0.05, 0.1) is 45.7 Å². The van der Waals surface area contributed by atoms with Gasteiger partial charge < -0.3 is 33.2 Å². The fourth-order valence-electron chi connectivity index (χ4n) is 5.72. The molecule has 1 saturated carbocycles. The molecule has 2 aromatic carbocycles. The molecule has 0 bridgehead atoms. The third-order valence-corrected chi connectivity index (χ3v) is 7.54. The molecule has 0 radical (unpaired) electrons. The van der Waals surface area contributed by atoms with E-state index in [0.717, 1.165) is 46.9 Å². The van der Waals surface area contributed by atoms with E-state index >= 15 is 0 Å². The van der Waals surface area contributed by atoms with Crippen molar-refractivity contribution in [3.63, 3.8) is 0 Å². The number of benzene rings is 2. The maximum Gasteiger partial charge on any atom is 0.343 e. The van der Waals surface area contributed by atoms with Crippen LogP contribution in [-0.4, -0.2) is 70.2 Å². The van der Waals surface area contributed by atoms with Crippen molar-refractivity contribution >= 4 is 17.8 Å². The summed E-state index contributed by atoms with van der Waals surface area (Å²) in [6.07, 6.45) is 3.58. The molecular weight excluding hydrogens is 524 g/mol. The number of ether oxygens (including phenoxy) is 6. The van der Waals surface area contributed by atoms with Crippen LogP contribution in [0.25, 0.3) is 5.57 Å². The Hall–Kier alpha value is -3.04. The summed E-state index contributed by atoms with van der Waals surface area (Å²) in [4.78, 5) is 23.7. The van der Waals surface area contributed by atoms with E-state index in [9.17, 15) is 9.59 Å². The summed E-state index contributed by atoms with van der Waals surface area (Å²) in [7, 11) is 0. The maximum atomic E-state index is 13.5. The molecule has 41 heavy (non-hydrogen) atoms. The molecule has 1 aliphatic heterocycles. The van der Waals surface area contributed by atoms with Crippen LogP contribution < -0.4 is 0 Å². The number of hydrogen-bond acceptors (Lipinski definition) is 8. The number of rotatable bonds is 16. The lowest BCUT2D eigenvalue weighted by molar-refractivity contribution is -0.154. The van der Waals surface area contributed by atoms with Gasteiger partial charge in [0.15, 0.2) is 11.4 Å². The number of aryl methyl sites for hydroxylation is 3. The van der Waals surface area contributed by atoms with Gasteiger partial charge in [-0.2, -0.15) is 0 Å². The van der Waals surface area contributed by atoms with Crippen LogP contribution in [0.4, 0.5) is 0 Å². The summed E-state index contributed by atoms with van der Waals surface area (Å²) < 4.78 is 34.8. The monoisotopic (exact) mass is 566 g/mol. The molecule has 1 fully saturated rings. The van der Waals surface area contributed by atoms with Crippen molar-refractivity contribution in [2.75, 3.05) is 46.2 Å². The van der Waals surface area contributed by atoms with E-state index in [4.69, 9.17) is 28.4 Å². The first-order chi connectivity index (χ1) is 19.9. The van der Waals surface area contributed by atoms with Gasteiger partial charge in [0.2, 0.25) is 0 Å². The Morgan fingerprint density at radius 3 is 2.12 bits per heavy atom. The standard InChI is InChI=1S/C33H42O8/c1-24-21-25(2)29(26(3)22-24)30-31(40-23-27-7-5-4-6-8-27)33(41-32(30)35)11-9-28(10-12-33)39-20-19-38-18-17-37-16-15-36-14-13-34/h4-8,13,21-22,28H,9-12,14-20,23H2,1-3H3. The summed E-state index contributed by atoms with van der Waals surface area (Å²) in [5.74, 6) is 0.341. The van der Waals surface area contributed by atoms with Crippen molar-refractivity contribution in [1.82, 2.24) is 0 Å². The third-order valence-electron chi connectivity index (χ3n) is 7.54. The van der Waals surface area contributed by atoms with E-state index in [1.807, 2.05) is 44.2 Å². The number of esters is 1. The Morgan fingerprint density at radius 1 is 0.878 bits per heavy atom. The van der Waals surface area contributed by atoms with Gasteiger partial charge >= 0.3 is 5.97 Å². The molecule has 0 N–H and O–H groups in total. The Kier molecular flexibility index (Phi) is 11.5. The van der Waals surface area contributed by atoms with Gasteiger partial charge in [-0.05, 0) is 68.7 Å². The highest BCUT2D eigenvalue weighted by atomic mass is 16.6. The number of hydrogen-bond donors (Lipinski definition) is 0. The molecule has 0 amide bonds. The molecule has 1 spiro atoms. The minimum absolute atomic E-state index is 0.0661. The predicted octanol–water partition coefficient (Wildman–Crippen LogP) is 5.04. The number of aldehydes is 1. The molecule has 2 aliphatic rings. The summed E-state index contributed by atoms with van der Waals surface area (Å²) in [6, 6.07) is 14.2. The molecule has 222 valence electrons. The second kappa shape index (κ2) is 15.3. The maximum absolute atomic E-state index is 13.5. The lowest BCUT2D eigenvalue weighted by Gasteiger charge is -2.37. The largest absolute Gasteiger partial charge is 0.488 e. The summed E-state index contributed by atoms with van der Waals surface area (Å²) >= 11 is 0. The van der Waals surface area contributed by atoms with Crippen LogP contribution in [0.1, 0.15) is 53.5 Å². The zero-order valence-corrected chi connectivity index (χ0v) is 24.4. The zero-order valence-electron chi connectivity index (χ0n) is 24.4. The molecule has 0 atom stereocenters. The molecule has 8 nitrogen and oxygen atoms in total. The minimum Gasteiger partial charge on any atom is -0.488 e. The molecule has 2 aromatic rings. The van der Waals surface area contributed by atoms with Crippen molar-refractivity contribution < 1.29 is 38.0 Å². The van der Waals surface area contributed by atoms with Gasteiger partial charge in [0.1, 0.15) is 25.1 Å². The first kappa shape index (κ1) is 30.9. The SMILES string of the molecule is Cc1cc(C)c(C2=C(OCc3ccccc3)C3(CCC(OCCOCCOCCOCC=O)CC3)OC2=O)c(C)c1. The van der Waals surface area contributed by atoms with Crippen LogP contribution >= 0.6 is 0 Å². The van der Waals surface area contributed by atoms with Crippen LogP contribution in [0.15, 0.2) is 48.2 Å². The van der Waals surface area contributed by atoms with Crippen molar-refractivity contribution in [2.45, 2.75) is 64.8 Å². The van der Waals surface area contributed by atoms with Crippen LogP contribution in [-0.2, 0) is 44.6 Å². The molecule has 0 saturated heterocycles. The van der Waals surface area contributed by atoms with Gasteiger partial charge in [-0.3, -0.25) is 0 Å². The highest BCUT2D eigenvalue weighted by Gasteiger charge is 2.52. The van der Waals surface area contributed by atoms with Gasteiger partial charge in [0, 0.05) is 0 Å². The van der Waals surface area contributed by atoms with Crippen molar-refractivity contribution in [3.8, 4) is 0 Å². The second-order valence-electron chi connectivity index (χ2n) is 10.7. The van der Waals surface area contributed by atoms with Gasteiger partial charge in [-0.15, -0.1) is 0 Å². The van der Waals surface area contributed by atoms with Crippen molar-refractivity contribution in [1.29, 1.82) is 0 Å².